The molecule has 2 saturated heterocycles. The van der Waals surface area contributed by atoms with Gasteiger partial charge >= 0.3 is 0 Å². The molecule has 3 aromatic rings. The topological polar surface area (TPSA) is 109 Å². The second kappa shape index (κ2) is 10.2. The number of pyridine rings is 2. The molecule has 2 fully saturated rings. The average Bonchev–Trinajstić information content (AvgIpc) is 3.45. The number of nitrogen functional groups attached to an aromatic ring is 1. The highest BCUT2D eigenvalue weighted by molar-refractivity contribution is 5.79. The molecule has 0 aliphatic carbocycles. The van der Waals surface area contributed by atoms with Gasteiger partial charge in [0.05, 0.1) is 12.0 Å². The maximum Gasteiger partial charge on any atom is 0.225 e. The third-order valence-electron chi connectivity index (χ3n) is 7.54. The minimum absolute atomic E-state index is 0.0602. The third-order valence-corrected chi connectivity index (χ3v) is 7.54. The number of carbonyl (C=O) groups is 1. The molecule has 5 rings (SSSR count). The van der Waals surface area contributed by atoms with Crippen LogP contribution in [0.25, 0.3) is 0 Å². The van der Waals surface area contributed by atoms with E-state index < -0.39 is 5.60 Å². The highest BCUT2D eigenvalue weighted by Crippen LogP contribution is 2.41. The molecule has 3 aromatic heterocycles. The van der Waals surface area contributed by atoms with E-state index in [9.17, 15) is 9.90 Å². The van der Waals surface area contributed by atoms with E-state index in [0.717, 1.165) is 38.0 Å². The predicted molar refractivity (Wildman–Crippen MR) is 132 cm³/mol. The fraction of sp³-hybridized carbons (Fsp3) is 0.444. The van der Waals surface area contributed by atoms with Crippen molar-refractivity contribution in [3.8, 4) is 0 Å². The second-order valence-electron chi connectivity index (χ2n) is 9.70. The Balaban J connectivity index is 1.18. The summed E-state index contributed by atoms with van der Waals surface area (Å²) in [6.45, 7) is 3.89. The van der Waals surface area contributed by atoms with E-state index in [-0.39, 0.29) is 17.7 Å². The molecule has 2 aliphatic heterocycles. The van der Waals surface area contributed by atoms with Crippen LogP contribution in [0.4, 0.5) is 5.82 Å². The van der Waals surface area contributed by atoms with E-state index in [1.54, 1.807) is 30.8 Å². The molecule has 8 nitrogen and oxygen atoms in total. The van der Waals surface area contributed by atoms with Gasteiger partial charge < -0.3 is 20.2 Å². The summed E-state index contributed by atoms with van der Waals surface area (Å²) >= 11 is 0. The number of amides is 1. The van der Waals surface area contributed by atoms with Crippen LogP contribution < -0.4 is 5.73 Å². The number of piperidine rings is 2. The van der Waals surface area contributed by atoms with Crippen LogP contribution in [-0.2, 0) is 16.9 Å². The molecule has 8 heteroatoms. The summed E-state index contributed by atoms with van der Waals surface area (Å²) in [5.41, 5.74) is 6.24. The summed E-state index contributed by atoms with van der Waals surface area (Å²) in [7, 11) is 0. The van der Waals surface area contributed by atoms with Crippen LogP contribution in [0.2, 0.25) is 0 Å². The van der Waals surface area contributed by atoms with Gasteiger partial charge in [0, 0.05) is 43.9 Å². The number of hydrogen-bond donors (Lipinski definition) is 2. The number of anilines is 1. The van der Waals surface area contributed by atoms with Crippen molar-refractivity contribution >= 4 is 11.7 Å². The Kier molecular flexibility index (Phi) is 6.83. The van der Waals surface area contributed by atoms with Crippen molar-refractivity contribution in [1.82, 2.24) is 19.8 Å². The fourth-order valence-electron chi connectivity index (χ4n) is 5.59. The average molecular weight is 476 g/mol. The highest BCUT2D eigenvalue weighted by atomic mass is 16.4. The van der Waals surface area contributed by atoms with Crippen LogP contribution in [0.5, 0.6) is 0 Å². The van der Waals surface area contributed by atoms with Gasteiger partial charge in [-0.05, 0) is 80.7 Å². The zero-order valence-electron chi connectivity index (χ0n) is 19.9. The predicted octanol–water partition coefficient (Wildman–Crippen LogP) is 3.04. The van der Waals surface area contributed by atoms with Gasteiger partial charge in [0.1, 0.15) is 11.6 Å². The molecule has 0 aromatic carbocycles. The first-order valence-corrected chi connectivity index (χ1v) is 12.4. The van der Waals surface area contributed by atoms with Crippen LogP contribution in [0.3, 0.4) is 0 Å². The maximum atomic E-state index is 13.3. The van der Waals surface area contributed by atoms with Crippen molar-refractivity contribution in [2.75, 3.05) is 31.9 Å². The SMILES string of the molecule is Nc1cc(CN2CCC(C(=O)N3CCC([C@@](O)(c4ccccn4)c4ccco4)CC3)CC2)ccn1. The van der Waals surface area contributed by atoms with Crippen LogP contribution in [0.15, 0.2) is 65.5 Å². The van der Waals surface area contributed by atoms with Crippen LogP contribution in [-0.4, -0.2) is 57.0 Å². The fourth-order valence-corrected chi connectivity index (χ4v) is 5.59. The number of rotatable bonds is 6. The molecule has 35 heavy (non-hydrogen) atoms. The normalized spacial score (nSPS) is 20.0. The molecule has 2 aliphatic rings. The molecule has 1 atom stereocenters. The number of carbonyl (C=O) groups excluding carboxylic acids is 1. The Bertz CT molecular complexity index is 1110. The Labute approximate surface area is 205 Å². The van der Waals surface area contributed by atoms with E-state index in [2.05, 4.69) is 14.9 Å². The van der Waals surface area contributed by atoms with Gasteiger partial charge in [0.2, 0.25) is 5.91 Å². The van der Waals surface area contributed by atoms with Gasteiger partial charge in [-0.1, -0.05) is 6.07 Å². The number of aromatic nitrogens is 2. The molecule has 0 saturated carbocycles. The van der Waals surface area contributed by atoms with Crippen molar-refractivity contribution in [1.29, 1.82) is 0 Å². The number of nitrogens with zero attached hydrogens (tertiary/aromatic N) is 4. The lowest BCUT2D eigenvalue weighted by Gasteiger charge is -2.41. The number of furan rings is 1. The van der Waals surface area contributed by atoms with Gasteiger partial charge in [0.15, 0.2) is 5.60 Å². The third kappa shape index (κ3) is 4.94. The van der Waals surface area contributed by atoms with Gasteiger partial charge in [-0.25, -0.2) is 4.98 Å². The smallest absolute Gasteiger partial charge is 0.225 e. The van der Waals surface area contributed by atoms with Gasteiger partial charge in [-0.3, -0.25) is 14.7 Å². The molecule has 3 N–H and O–H groups in total. The Morgan fingerprint density at radius 1 is 1.03 bits per heavy atom. The molecule has 0 radical (unpaired) electrons. The van der Waals surface area contributed by atoms with Crippen molar-refractivity contribution in [3.63, 3.8) is 0 Å². The standard InChI is InChI=1S/C27H33N5O3/c28-25-18-20(6-12-30-25)19-31-13-7-21(8-14-31)26(33)32-15-9-22(10-16-32)27(34,24-5-3-17-35-24)23-4-1-2-11-29-23/h1-6,11-12,17-18,21-22,34H,7-10,13-16,19H2,(H2,28,30)/t27-/m1/s1. The molecule has 184 valence electrons. The van der Waals surface area contributed by atoms with Gasteiger partial charge in [-0.2, -0.15) is 0 Å². The Morgan fingerprint density at radius 2 is 1.83 bits per heavy atom. The van der Waals surface area contributed by atoms with Gasteiger partial charge in [-0.15, -0.1) is 0 Å². The first kappa shape index (κ1) is 23.5. The maximum absolute atomic E-state index is 13.3. The molecule has 1 amide bonds. The number of nitrogens with two attached hydrogens (primary N) is 1. The molecule has 0 unspecified atom stereocenters. The summed E-state index contributed by atoms with van der Waals surface area (Å²) in [5.74, 6) is 1.27. The van der Waals surface area contributed by atoms with E-state index in [1.807, 2.05) is 35.2 Å². The second-order valence-corrected chi connectivity index (χ2v) is 9.70. The monoisotopic (exact) mass is 475 g/mol. The largest absolute Gasteiger partial charge is 0.466 e. The van der Waals surface area contributed by atoms with Crippen molar-refractivity contribution in [3.05, 3.63) is 78.1 Å². The lowest BCUT2D eigenvalue weighted by Crippen LogP contribution is -2.49. The molecule has 0 spiro atoms. The number of aliphatic hydroxyl groups is 1. The first-order chi connectivity index (χ1) is 17.0. The van der Waals surface area contributed by atoms with Crippen molar-refractivity contribution in [2.45, 2.75) is 37.8 Å². The first-order valence-electron chi connectivity index (χ1n) is 12.4. The molecular formula is C27H33N5O3. The lowest BCUT2D eigenvalue weighted by molar-refractivity contribution is -0.140. The van der Waals surface area contributed by atoms with E-state index >= 15 is 0 Å². The Morgan fingerprint density at radius 3 is 2.49 bits per heavy atom. The molecule has 0 bridgehead atoms. The number of likely N-dealkylation sites (tertiary alicyclic amines) is 2. The summed E-state index contributed by atoms with van der Waals surface area (Å²) in [6.07, 6.45) is 8.14. The minimum Gasteiger partial charge on any atom is -0.466 e. The summed E-state index contributed by atoms with van der Waals surface area (Å²) in [4.78, 5) is 26.2. The van der Waals surface area contributed by atoms with Crippen LogP contribution in [0.1, 0.15) is 42.7 Å². The van der Waals surface area contributed by atoms with Crippen molar-refractivity contribution < 1.29 is 14.3 Å². The lowest BCUT2D eigenvalue weighted by atomic mass is 9.76. The highest BCUT2D eigenvalue weighted by Gasteiger charge is 2.45. The van der Waals surface area contributed by atoms with Gasteiger partial charge in [0.25, 0.3) is 0 Å². The molecule has 5 heterocycles. The summed E-state index contributed by atoms with van der Waals surface area (Å²) in [6, 6.07) is 13.1. The minimum atomic E-state index is -1.30. The van der Waals surface area contributed by atoms with Crippen LogP contribution in [0, 0.1) is 11.8 Å². The summed E-state index contributed by atoms with van der Waals surface area (Å²) in [5, 5.41) is 11.8. The van der Waals surface area contributed by atoms with Crippen molar-refractivity contribution in [2.24, 2.45) is 11.8 Å². The zero-order valence-corrected chi connectivity index (χ0v) is 19.9. The quantitative estimate of drug-likeness (QED) is 0.564. The van der Waals surface area contributed by atoms with E-state index in [0.29, 0.717) is 43.2 Å². The molecular weight excluding hydrogens is 442 g/mol. The Hall–Kier alpha value is -3.23. The van der Waals surface area contributed by atoms with E-state index in [1.165, 1.54) is 0 Å². The number of hydrogen-bond acceptors (Lipinski definition) is 7. The zero-order chi connectivity index (χ0) is 24.3. The summed E-state index contributed by atoms with van der Waals surface area (Å²) < 4.78 is 5.65. The van der Waals surface area contributed by atoms with E-state index in [4.69, 9.17) is 10.2 Å². The van der Waals surface area contributed by atoms with Crippen LogP contribution >= 0.6 is 0 Å².